The van der Waals surface area contributed by atoms with Gasteiger partial charge in [0.1, 0.15) is 10.9 Å². The van der Waals surface area contributed by atoms with Crippen molar-refractivity contribution in [1.82, 2.24) is 20.2 Å². The highest BCUT2D eigenvalue weighted by molar-refractivity contribution is 7.07. The van der Waals surface area contributed by atoms with Crippen LogP contribution in [0.5, 0.6) is 0 Å². The molecular weight excluding hydrogens is 232 g/mol. The van der Waals surface area contributed by atoms with Crippen LogP contribution in [0.25, 0.3) is 0 Å². The molecule has 0 spiro atoms. The predicted octanol–water partition coefficient (Wildman–Crippen LogP) is -0.927. The molecule has 0 bridgehead atoms. The molecule has 7 nitrogen and oxygen atoms in total. The third kappa shape index (κ3) is 2.22. The molecule has 84 valence electrons. The maximum Gasteiger partial charge on any atom is 0.265 e. The van der Waals surface area contributed by atoms with Crippen LogP contribution in [0.1, 0.15) is 22.5 Å². The first kappa shape index (κ1) is 10.7. The second-order valence-electron chi connectivity index (χ2n) is 3.26. The van der Waals surface area contributed by atoms with Gasteiger partial charge in [-0.05, 0) is 18.0 Å². The minimum Gasteiger partial charge on any atom is -0.339 e. The van der Waals surface area contributed by atoms with Crippen molar-refractivity contribution in [2.75, 3.05) is 0 Å². The van der Waals surface area contributed by atoms with E-state index in [0.29, 0.717) is 11.3 Å². The highest BCUT2D eigenvalue weighted by atomic mass is 32.1. The van der Waals surface area contributed by atoms with Gasteiger partial charge in [0.05, 0.1) is 6.20 Å². The van der Waals surface area contributed by atoms with E-state index in [1.54, 1.807) is 0 Å². The van der Waals surface area contributed by atoms with Gasteiger partial charge in [-0.2, -0.15) is 0 Å². The van der Waals surface area contributed by atoms with Crippen LogP contribution in [0, 0.1) is 0 Å². The molecule has 2 N–H and O–H groups in total. The number of rotatable bonds is 2. The average Bonchev–Trinajstić information content (AvgIpc) is 2.75. The van der Waals surface area contributed by atoms with Crippen LogP contribution in [0.3, 0.4) is 0 Å². The third-order valence-corrected chi connectivity index (χ3v) is 2.79. The summed E-state index contributed by atoms with van der Waals surface area (Å²) in [7, 11) is 0. The van der Waals surface area contributed by atoms with Crippen LogP contribution >= 0.6 is 11.5 Å². The largest absolute Gasteiger partial charge is 0.339 e. The maximum absolute atomic E-state index is 11.6. The zero-order valence-electron chi connectivity index (χ0n) is 8.10. The minimum atomic E-state index is -0.660. The Kier molecular flexibility index (Phi) is 2.91. The number of amides is 3. The van der Waals surface area contributed by atoms with Gasteiger partial charge in [-0.3, -0.25) is 19.7 Å². The van der Waals surface area contributed by atoms with Crippen LogP contribution < -0.4 is 10.6 Å². The van der Waals surface area contributed by atoms with Gasteiger partial charge in [-0.25, -0.2) is 0 Å². The van der Waals surface area contributed by atoms with E-state index in [-0.39, 0.29) is 12.3 Å². The summed E-state index contributed by atoms with van der Waals surface area (Å²) in [6.07, 6.45) is 1.88. The Morgan fingerprint density at radius 2 is 2.38 bits per heavy atom. The molecule has 1 aromatic rings. The predicted molar refractivity (Wildman–Crippen MR) is 53.5 cm³/mol. The van der Waals surface area contributed by atoms with Crippen molar-refractivity contribution < 1.29 is 14.4 Å². The maximum atomic E-state index is 11.6. The zero-order valence-corrected chi connectivity index (χ0v) is 8.91. The van der Waals surface area contributed by atoms with E-state index in [2.05, 4.69) is 20.2 Å². The second-order valence-corrected chi connectivity index (χ2v) is 4.04. The zero-order chi connectivity index (χ0) is 11.5. The Bertz CT molecular complexity index is 431. The quantitative estimate of drug-likeness (QED) is 0.650. The molecular formula is C8H8N4O3S. The fraction of sp³-hybridized carbons (Fsp3) is 0.375. The highest BCUT2D eigenvalue weighted by Gasteiger charge is 2.28. The van der Waals surface area contributed by atoms with Crippen molar-refractivity contribution in [2.45, 2.75) is 18.9 Å². The van der Waals surface area contributed by atoms with E-state index in [0.717, 1.165) is 11.5 Å². The summed E-state index contributed by atoms with van der Waals surface area (Å²) in [5.74, 6) is -1.18. The van der Waals surface area contributed by atoms with E-state index in [9.17, 15) is 14.4 Å². The normalized spacial score (nSPS) is 20.4. The second kappa shape index (κ2) is 4.35. The van der Waals surface area contributed by atoms with E-state index >= 15 is 0 Å². The number of aromatic nitrogens is 2. The van der Waals surface area contributed by atoms with Crippen molar-refractivity contribution in [3.63, 3.8) is 0 Å². The SMILES string of the molecule is O=C1CCC(NC(=O)c2cnns2)C(=O)N1. The van der Waals surface area contributed by atoms with Crippen LogP contribution in [-0.2, 0) is 9.59 Å². The van der Waals surface area contributed by atoms with Gasteiger partial charge in [-0.15, -0.1) is 5.10 Å². The van der Waals surface area contributed by atoms with Gasteiger partial charge in [0.15, 0.2) is 0 Å². The standard InChI is InChI=1S/C8H8N4O3S/c13-6-2-1-4(7(14)11-6)10-8(15)5-3-9-12-16-5/h3-4H,1-2H2,(H,10,15)(H,11,13,14). The molecule has 1 aliphatic heterocycles. The lowest BCUT2D eigenvalue weighted by Crippen LogP contribution is -2.52. The van der Waals surface area contributed by atoms with Gasteiger partial charge < -0.3 is 5.32 Å². The molecule has 0 aromatic carbocycles. The summed E-state index contributed by atoms with van der Waals surface area (Å²) in [6, 6.07) is -0.660. The molecule has 1 unspecified atom stereocenters. The Morgan fingerprint density at radius 3 is 3.00 bits per heavy atom. The lowest BCUT2D eigenvalue weighted by molar-refractivity contribution is -0.134. The number of carbonyl (C=O) groups excluding carboxylic acids is 3. The molecule has 0 radical (unpaired) electrons. The third-order valence-electron chi connectivity index (χ3n) is 2.13. The van der Waals surface area contributed by atoms with Gasteiger partial charge in [0.25, 0.3) is 5.91 Å². The smallest absolute Gasteiger partial charge is 0.265 e. The van der Waals surface area contributed by atoms with Crippen molar-refractivity contribution in [1.29, 1.82) is 0 Å². The van der Waals surface area contributed by atoms with Crippen LogP contribution in [-0.4, -0.2) is 33.4 Å². The van der Waals surface area contributed by atoms with E-state index in [1.165, 1.54) is 6.20 Å². The molecule has 0 aliphatic carbocycles. The fourth-order valence-corrected chi connectivity index (χ4v) is 1.75. The number of nitrogens with one attached hydrogen (secondary N) is 2. The molecule has 2 heterocycles. The summed E-state index contributed by atoms with van der Waals surface area (Å²) in [5, 5.41) is 8.20. The molecule has 2 rings (SSSR count). The Balaban J connectivity index is 1.97. The minimum absolute atomic E-state index is 0.234. The van der Waals surface area contributed by atoms with Gasteiger partial charge in [0, 0.05) is 6.42 Å². The topological polar surface area (TPSA) is 101 Å². The van der Waals surface area contributed by atoms with Crippen molar-refractivity contribution in [3.05, 3.63) is 11.1 Å². The number of carbonyl (C=O) groups is 3. The fourth-order valence-electron chi connectivity index (χ4n) is 1.33. The highest BCUT2D eigenvalue weighted by Crippen LogP contribution is 2.07. The van der Waals surface area contributed by atoms with E-state index in [1.807, 2.05) is 0 Å². The molecule has 0 saturated carbocycles. The molecule has 1 saturated heterocycles. The molecule has 16 heavy (non-hydrogen) atoms. The van der Waals surface area contributed by atoms with E-state index in [4.69, 9.17) is 0 Å². The number of hydrogen-bond donors (Lipinski definition) is 2. The number of nitrogens with zero attached hydrogens (tertiary/aromatic N) is 2. The van der Waals surface area contributed by atoms with Crippen LogP contribution in [0.2, 0.25) is 0 Å². The van der Waals surface area contributed by atoms with Crippen LogP contribution in [0.15, 0.2) is 6.20 Å². The van der Waals surface area contributed by atoms with E-state index < -0.39 is 17.9 Å². The Hall–Kier alpha value is -1.83. The Morgan fingerprint density at radius 1 is 1.56 bits per heavy atom. The molecule has 1 aromatic heterocycles. The monoisotopic (exact) mass is 240 g/mol. The first-order valence-corrected chi connectivity index (χ1v) is 5.36. The summed E-state index contributed by atoms with van der Waals surface area (Å²) in [4.78, 5) is 34.1. The van der Waals surface area contributed by atoms with Crippen molar-refractivity contribution in [3.8, 4) is 0 Å². The molecule has 1 aliphatic rings. The van der Waals surface area contributed by atoms with Gasteiger partial charge in [-0.1, -0.05) is 4.49 Å². The number of piperidine rings is 1. The molecule has 8 heteroatoms. The van der Waals surface area contributed by atoms with Crippen LogP contribution in [0.4, 0.5) is 0 Å². The lowest BCUT2D eigenvalue weighted by atomic mass is 10.1. The summed E-state index contributed by atoms with van der Waals surface area (Å²) >= 11 is 0.950. The van der Waals surface area contributed by atoms with Crippen molar-refractivity contribution in [2.24, 2.45) is 0 Å². The molecule has 1 atom stereocenters. The first-order chi connectivity index (χ1) is 7.66. The van der Waals surface area contributed by atoms with Gasteiger partial charge in [0.2, 0.25) is 11.8 Å². The lowest BCUT2D eigenvalue weighted by Gasteiger charge is -2.21. The molecule has 1 fully saturated rings. The summed E-state index contributed by atoms with van der Waals surface area (Å²) < 4.78 is 3.54. The van der Waals surface area contributed by atoms with Gasteiger partial charge >= 0.3 is 0 Å². The number of imide groups is 1. The summed E-state index contributed by atoms with van der Waals surface area (Å²) in [6.45, 7) is 0. The molecule has 3 amide bonds. The van der Waals surface area contributed by atoms with Crippen molar-refractivity contribution >= 4 is 29.3 Å². The summed E-state index contributed by atoms with van der Waals surface area (Å²) in [5.41, 5.74) is 0. The number of hydrogen-bond acceptors (Lipinski definition) is 6. The first-order valence-electron chi connectivity index (χ1n) is 4.59. The Labute approximate surface area is 94.4 Å². The average molecular weight is 240 g/mol.